The number of carbonyl (C=O) groups is 1. The van der Waals surface area contributed by atoms with Gasteiger partial charge in [0.05, 0.1) is 20.1 Å². The molecule has 4 aromatic rings. The van der Waals surface area contributed by atoms with Gasteiger partial charge >= 0.3 is 5.97 Å². The normalized spacial score (nSPS) is 11.4. The molecule has 0 aliphatic rings. The van der Waals surface area contributed by atoms with Gasteiger partial charge in [-0.1, -0.05) is 42.5 Å². The molecule has 178 valence electrons. The van der Waals surface area contributed by atoms with Gasteiger partial charge in [-0.2, -0.15) is 4.98 Å². The summed E-state index contributed by atoms with van der Waals surface area (Å²) in [4.78, 5) is 21.4. The van der Waals surface area contributed by atoms with Crippen LogP contribution in [0.25, 0.3) is 0 Å². The van der Waals surface area contributed by atoms with Gasteiger partial charge in [-0.15, -0.1) is 0 Å². The molecule has 1 unspecified atom stereocenters. The topological polar surface area (TPSA) is 106 Å². The summed E-state index contributed by atoms with van der Waals surface area (Å²) in [6, 6.07) is 24.3. The minimum absolute atomic E-state index is 0.172. The van der Waals surface area contributed by atoms with E-state index < -0.39 is 11.9 Å². The van der Waals surface area contributed by atoms with Gasteiger partial charge in [-0.25, -0.2) is 4.98 Å². The van der Waals surface area contributed by atoms with E-state index in [9.17, 15) is 9.90 Å². The number of nitrogens with zero attached hydrogens (tertiary/aromatic N) is 2. The Labute approximate surface area is 203 Å². The molecule has 0 saturated heterocycles. The molecule has 3 N–H and O–H groups in total. The lowest BCUT2D eigenvalue weighted by molar-refractivity contribution is -0.138. The molecular weight excluding hydrogens is 444 g/mol. The van der Waals surface area contributed by atoms with Crippen molar-refractivity contribution >= 4 is 29.1 Å². The van der Waals surface area contributed by atoms with E-state index in [1.165, 1.54) is 14.2 Å². The Balaban J connectivity index is 1.68. The largest absolute Gasteiger partial charge is 0.493 e. The third-order valence-corrected chi connectivity index (χ3v) is 5.46. The van der Waals surface area contributed by atoms with Crippen molar-refractivity contribution in [3.05, 3.63) is 96.2 Å². The zero-order valence-corrected chi connectivity index (χ0v) is 19.4. The number of ether oxygens (including phenoxy) is 2. The van der Waals surface area contributed by atoms with Gasteiger partial charge < -0.3 is 25.2 Å². The molecule has 0 aliphatic heterocycles. The highest BCUT2D eigenvalue weighted by Gasteiger charge is 2.24. The zero-order chi connectivity index (χ0) is 24.6. The van der Waals surface area contributed by atoms with Gasteiger partial charge in [-0.3, -0.25) is 4.79 Å². The summed E-state index contributed by atoms with van der Waals surface area (Å²) < 4.78 is 10.7. The van der Waals surface area contributed by atoms with Crippen molar-refractivity contribution < 1.29 is 19.4 Å². The molecular formula is C27H26N4O4. The van der Waals surface area contributed by atoms with Crippen LogP contribution in [0.1, 0.15) is 17.0 Å². The minimum Gasteiger partial charge on any atom is -0.493 e. The minimum atomic E-state index is -0.964. The quantitative estimate of drug-likeness (QED) is 0.283. The zero-order valence-electron chi connectivity index (χ0n) is 19.4. The maximum Gasteiger partial charge on any atom is 0.311 e. The third-order valence-electron chi connectivity index (χ3n) is 5.46. The van der Waals surface area contributed by atoms with E-state index in [4.69, 9.17) is 9.47 Å². The van der Waals surface area contributed by atoms with Crippen LogP contribution < -0.4 is 20.1 Å². The Kier molecular flexibility index (Phi) is 7.42. The first kappa shape index (κ1) is 23.6. The molecule has 0 fully saturated rings. The number of para-hydroxylation sites is 2. The number of rotatable bonds is 10. The van der Waals surface area contributed by atoms with Gasteiger partial charge in [0.1, 0.15) is 5.82 Å². The number of benzene rings is 3. The second-order valence-electron chi connectivity index (χ2n) is 7.76. The lowest BCUT2D eigenvalue weighted by Crippen LogP contribution is -2.16. The highest BCUT2D eigenvalue weighted by molar-refractivity contribution is 5.77. The van der Waals surface area contributed by atoms with E-state index in [1.54, 1.807) is 24.4 Å². The lowest BCUT2D eigenvalue weighted by Gasteiger charge is -2.18. The van der Waals surface area contributed by atoms with Gasteiger partial charge in [0.25, 0.3) is 0 Å². The molecule has 0 amide bonds. The first-order valence-corrected chi connectivity index (χ1v) is 11.0. The molecule has 4 rings (SSSR count). The molecule has 0 spiro atoms. The number of nitrogens with one attached hydrogen (secondary N) is 2. The fraction of sp³-hybridized carbons (Fsp3) is 0.148. The molecule has 8 nitrogen and oxygen atoms in total. The molecule has 1 heterocycles. The van der Waals surface area contributed by atoms with Gasteiger partial charge in [0.15, 0.2) is 11.5 Å². The van der Waals surface area contributed by atoms with Crippen molar-refractivity contribution in [3.63, 3.8) is 0 Å². The van der Waals surface area contributed by atoms with Crippen molar-refractivity contribution in [3.8, 4) is 11.5 Å². The van der Waals surface area contributed by atoms with E-state index in [0.717, 1.165) is 11.4 Å². The SMILES string of the molecule is COc1ccc(C(Cc2cnc(Nc3ccccc3)nc2Nc2ccccc2)C(=O)O)cc1OC. The highest BCUT2D eigenvalue weighted by Crippen LogP contribution is 2.33. The maximum absolute atomic E-state index is 12.3. The van der Waals surface area contributed by atoms with Crippen molar-refractivity contribution in [2.75, 3.05) is 24.9 Å². The number of aromatic nitrogens is 2. The van der Waals surface area contributed by atoms with Crippen LogP contribution in [0.5, 0.6) is 11.5 Å². The summed E-state index contributed by atoms with van der Waals surface area (Å²) in [6.45, 7) is 0. The standard InChI is InChI=1S/C27H26N4O4/c1-34-23-14-13-18(16-24(23)35-2)22(26(32)33)15-19-17-28-27(30-21-11-7-4-8-12-21)31-25(19)29-20-9-5-3-6-10-20/h3-14,16-17,22H,15H2,1-2H3,(H,32,33)(H2,28,29,30,31). The summed E-state index contributed by atoms with van der Waals surface area (Å²) >= 11 is 0. The molecule has 0 aliphatic carbocycles. The third kappa shape index (κ3) is 5.86. The average Bonchev–Trinajstić information content (AvgIpc) is 2.89. The second kappa shape index (κ2) is 11.0. The molecule has 3 aromatic carbocycles. The molecule has 0 saturated carbocycles. The average molecular weight is 471 g/mol. The van der Waals surface area contributed by atoms with Crippen LogP contribution in [0.3, 0.4) is 0 Å². The number of hydrogen-bond donors (Lipinski definition) is 3. The van der Waals surface area contributed by atoms with Gasteiger partial charge in [0.2, 0.25) is 5.95 Å². The lowest BCUT2D eigenvalue weighted by atomic mass is 9.92. The first-order valence-electron chi connectivity index (χ1n) is 11.0. The van der Waals surface area contributed by atoms with Crippen LogP contribution in [0.2, 0.25) is 0 Å². The summed E-state index contributed by atoms with van der Waals surface area (Å²) in [6.07, 6.45) is 1.83. The number of aliphatic carboxylic acids is 1. The number of carboxylic acids is 1. The number of anilines is 4. The van der Waals surface area contributed by atoms with Crippen LogP contribution in [-0.4, -0.2) is 35.3 Å². The Bertz CT molecular complexity index is 1280. The van der Waals surface area contributed by atoms with Crippen LogP contribution in [0.15, 0.2) is 85.1 Å². The van der Waals surface area contributed by atoms with E-state index in [1.807, 2.05) is 60.7 Å². The molecule has 8 heteroatoms. The Morgan fingerprint density at radius 3 is 2.11 bits per heavy atom. The summed E-state index contributed by atoms with van der Waals surface area (Å²) in [5, 5.41) is 16.6. The number of hydrogen-bond acceptors (Lipinski definition) is 7. The number of methoxy groups -OCH3 is 2. The number of carboxylic acid groups (broad SMARTS) is 1. The summed E-state index contributed by atoms with van der Waals surface area (Å²) in [5.41, 5.74) is 2.93. The predicted molar refractivity (Wildman–Crippen MR) is 135 cm³/mol. The molecule has 0 bridgehead atoms. The van der Waals surface area contributed by atoms with Crippen LogP contribution in [0.4, 0.5) is 23.1 Å². The van der Waals surface area contributed by atoms with E-state index in [-0.39, 0.29) is 6.42 Å². The van der Waals surface area contributed by atoms with E-state index in [0.29, 0.717) is 34.4 Å². The predicted octanol–water partition coefficient (Wildman–Crippen LogP) is 5.39. The maximum atomic E-state index is 12.3. The van der Waals surface area contributed by atoms with E-state index >= 15 is 0 Å². The van der Waals surface area contributed by atoms with Crippen LogP contribution >= 0.6 is 0 Å². The fourth-order valence-electron chi connectivity index (χ4n) is 3.67. The van der Waals surface area contributed by atoms with Crippen molar-refractivity contribution in [2.45, 2.75) is 12.3 Å². The molecule has 1 aromatic heterocycles. The van der Waals surface area contributed by atoms with Crippen molar-refractivity contribution in [1.29, 1.82) is 0 Å². The summed E-state index contributed by atoms with van der Waals surface area (Å²) in [7, 11) is 3.06. The molecule has 0 radical (unpaired) electrons. The van der Waals surface area contributed by atoms with Crippen LogP contribution in [-0.2, 0) is 11.2 Å². The molecule has 1 atom stereocenters. The Hall–Kier alpha value is -4.59. The van der Waals surface area contributed by atoms with Crippen molar-refractivity contribution in [1.82, 2.24) is 9.97 Å². The smallest absolute Gasteiger partial charge is 0.311 e. The highest BCUT2D eigenvalue weighted by atomic mass is 16.5. The van der Waals surface area contributed by atoms with Crippen LogP contribution in [0, 0.1) is 0 Å². The Morgan fingerprint density at radius 1 is 0.886 bits per heavy atom. The molecule has 35 heavy (non-hydrogen) atoms. The fourth-order valence-corrected chi connectivity index (χ4v) is 3.67. The van der Waals surface area contributed by atoms with E-state index in [2.05, 4.69) is 20.6 Å². The monoisotopic (exact) mass is 470 g/mol. The summed E-state index contributed by atoms with van der Waals surface area (Å²) in [5.74, 6) is 0.119. The van der Waals surface area contributed by atoms with Gasteiger partial charge in [0, 0.05) is 23.1 Å². The van der Waals surface area contributed by atoms with Gasteiger partial charge in [-0.05, 0) is 48.4 Å². The first-order chi connectivity index (χ1) is 17.1. The van der Waals surface area contributed by atoms with Crippen molar-refractivity contribution in [2.24, 2.45) is 0 Å². The Morgan fingerprint density at radius 2 is 1.51 bits per heavy atom. The second-order valence-corrected chi connectivity index (χ2v) is 7.76.